The summed E-state index contributed by atoms with van der Waals surface area (Å²) in [6.07, 6.45) is 3.62. The van der Waals surface area contributed by atoms with Crippen LogP contribution in [0, 0.1) is 13.8 Å². The number of ether oxygens (including phenoxy) is 2. The lowest BCUT2D eigenvalue weighted by atomic mass is 10.0. The number of nitrogens with zero attached hydrogens (tertiary/aromatic N) is 3. The molecule has 0 spiro atoms. The smallest absolute Gasteiger partial charge is 0.338 e. The molecule has 41 heavy (non-hydrogen) atoms. The molecular weight excluding hydrogens is 542 g/mol. The maximum atomic E-state index is 13.3. The number of amides is 1. The number of fused-ring (bicyclic) bond motifs is 1. The van der Waals surface area contributed by atoms with E-state index in [-0.39, 0.29) is 16.8 Å². The van der Waals surface area contributed by atoms with Crippen LogP contribution in [0.5, 0.6) is 0 Å². The van der Waals surface area contributed by atoms with Gasteiger partial charge in [0.25, 0.3) is 5.91 Å². The molecule has 3 heterocycles. The normalized spacial score (nSPS) is 16.8. The molecule has 0 bridgehead atoms. The fraction of sp³-hybridized carbons (Fsp3) is 0.355. The molecule has 0 saturated carbocycles. The summed E-state index contributed by atoms with van der Waals surface area (Å²) in [4.78, 5) is 27.3. The Hall–Kier alpha value is -3.73. The number of rotatable bonds is 8. The van der Waals surface area contributed by atoms with Crippen molar-refractivity contribution in [1.29, 1.82) is 0 Å². The van der Waals surface area contributed by atoms with Crippen LogP contribution in [0.15, 0.2) is 53.4 Å². The molecule has 216 valence electrons. The van der Waals surface area contributed by atoms with Crippen molar-refractivity contribution < 1.29 is 27.5 Å². The van der Waals surface area contributed by atoms with E-state index in [1.165, 1.54) is 4.31 Å². The van der Waals surface area contributed by atoms with Gasteiger partial charge in [-0.1, -0.05) is 13.3 Å². The highest BCUT2D eigenvalue weighted by Gasteiger charge is 2.33. The van der Waals surface area contributed by atoms with Gasteiger partial charge in [0, 0.05) is 48.3 Å². The number of aryl methyl sites for hydroxylation is 1. The Balaban J connectivity index is 1.47. The fourth-order valence-electron chi connectivity index (χ4n) is 5.29. The zero-order valence-corrected chi connectivity index (χ0v) is 24.7. The molecule has 0 aliphatic carbocycles. The first-order valence-electron chi connectivity index (χ1n) is 13.8. The van der Waals surface area contributed by atoms with Gasteiger partial charge in [0.1, 0.15) is 0 Å². The summed E-state index contributed by atoms with van der Waals surface area (Å²) < 4.78 is 40.8. The largest absolute Gasteiger partial charge is 0.462 e. The Bertz CT molecular complexity index is 1620. The SMILES string of the molecule is CCCCOC(=O)c1ccc(-n2c(C)cc(C=C3C(=O)N(C)c4ccc(S(=O)(=O)N5CCOCC5)cc43)c2C)cc1. The lowest BCUT2D eigenvalue weighted by Crippen LogP contribution is -2.40. The minimum atomic E-state index is -3.72. The van der Waals surface area contributed by atoms with Crippen molar-refractivity contribution in [2.45, 2.75) is 38.5 Å². The first-order chi connectivity index (χ1) is 19.6. The second-order valence-corrected chi connectivity index (χ2v) is 12.3. The number of aromatic nitrogens is 1. The fourth-order valence-corrected chi connectivity index (χ4v) is 6.73. The third-order valence-corrected chi connectivity index (χ3v) is 9.52. The van der Waals surface area contributed by atoms with E-state index in [0.29, 0.717) is 55.3 Å². The van der Waals surface area contributed by atoms with Gasteiger partial charge in [0.2, 0.25) is 10.0 Å². The zero-order valence-electron chi connectivity index (χ0n) is 23.8. The molecule has 1 aromatic heterocycles. The van der Waals surface area contributed by atoms with Gasteiger partial charge >= 0.3 is 5.97 Å². The number of hydrogen-bond acceptors (Lipinski definition) is 6. The molecule has 5 rings (SSSR count). The number of likely N-dealkylation sites (N-methyl/N-ethyl adjacent to an activating group) is 1. The molecule has 0 unspecified atom stereocenters. The topological polar surface area (TPSA) is 98.2 Å². The van der Waals surface area contributed by atoms with Crippen LogP contribution in [0.2, 0.25) is 0 Å². The average Bonchev–Trinajstić information content (AvgIpc) is 3.39. The van der Waals surface area contributed by atoms with E-state index in [4.69, 9.17) is 9.47 Å². The molecule has 2 aromatic carbocycles. The molecule has 1 fully saturated rings. The summed E-state index contributed by atoms with van der Waals surface area (Å²) >= 11 is 0. The van der Waals surface area contributed by atoms with Crippen molar-refractivity contribution in [2.75, 3.05) is 44.9 Å². The molecule has 2 aliphatic heterocycles. The lowest BCUT2D eigenvalue weighted by Gasteiger charge is -2.26. The van der Waals surface area contributed by atoms with E-state index in [2.05, 4.69) is 4.57 Å². The molecule has 0 atom stereocenters. The Morgan fingerprint density at radius 2 is 1.76 bits per heavy atom. The Kier molecular flexibility index (Phi) is 8.17. The third kappa shape index (κ3) is 5.47. The number of morpholine rings is 1. The maximum absolute atomic E-state index is 13.3. The summed E-state index contributed by atoms with van der Waals surface area (Å²) in [5.41, 5.74) is 5.77. The standard InChI is InChI=1S/C31H35N3O6S/c1-5-6-15-40-31(36)23-7-9-25(10-8-23)34-21(2)18-24(22(34)3)19-28-27-20-26(11-12-29(27)32(4)30(28)35)41(37,38)33-13-16-39-17-14-33/h7-12,18-20H,5-6,13-17H2,1-4H3. The van der Waals surface area contributed by atoms with Gasteiger partial charge in [-0.25, -0.2) is 13.2 Å². The number of carbonyl (C=O) groups is 2. The molecular formula is C31H35N3O6S. The van der Waals surface area contributed by atoms with Crippen LogP contribution in [-0.2, 0) is 24.3 Å². The number of carbonyl (C=O) groups excluding carboxylic acids is 2. The second kappa shape index (κ2) is 11.6. The van der Waals surface area contributed by atoms with E-state index in [9.17, 15) is 18.0 Å². The first kappa shape index (κ1) is 28.8. The number of benzene rings is 2. The second-order valence-electron chi connectivity index (χ2n) is 10.3. The van der Waals surface area contributed by atoms with E-state index in [0.717, 1.165) is 35.5 Å². The van der Waals surface area contributed by atoms with Gasteiger partial charge in [0.15, 0.2) is 0 Å². The molecule has 0 radical (unpaired) electrons. The van der Waals surface area contributed by atoms with Gasteiger partial charge in [0.05, 0.1) is 36.0 Å². The van der Waals surface area contributed by atoms with Crippen LogP contribution in [0.4, 0.5) is 5.69 Å². The molecule has 1 amide bonds. The van der Waals surface area contributed by atoms with Gasteiger partial charge in [-0.3, -0.25) is 4.79 Å². The molecule has 2 aliphatic rings. The van der Waals surface area contributed by atoms with Crippen molar-refractivity contribution >= 4 is 39.2 Å². The van der Waals surface area contributed by atoms with Crippen LogP contribution < -0.4 is 4.90 Å². The minimum Gasteiger partial charge on any atom is -0.462 e. The van der Waals surface area contributed by atoms with Crippen LogP contribution in [-0.4, -0.2) is 69.1 Å². The summed E-state index contributed by atoms with van der Waals surface area (Å²) in [6, 6.07) is 14.1. The monoisotopic (exact) mass is 577 g/mol. The Morgan fingerprint density at radius 3 is 2.44 bits per heavy atom. The lowest BCUT2D eigenvalue weighted by molar-refractivity contribution is -0.112. The van der Waals surface area contributed by atoms with Crippen molar-refractivity contribution in [3.05, 3.63) is 76.6 Å². The highest BCUT2D eigenvalue weighted by Crippen LogP contribution is 2.39. The van der Waals surface area contributed by atoms with E-state index in [1.54, 1.807) is 42.3 Å². The molecule has 10 heteroatoms. The predicted octanol–water partition coefficient (Wildman–Crippen LogP) is 4.59. The molecule has 9 nitrogen and oxygen atoms in total. The van der Waals surface area contributed by atoms with Crippen molar-refractivity contribution in [3.8, 4) is 5.69 Å². The average molecular weight is 578 g/mol. The maximum Gasteiger partial charge on any atom is 0.338 e. The minimum absolute atomic E-state index is 0.158. The van der Waals surface area contributed by atoms with Crippen molar-refractivity contribution in [2.24, 2.45) is 0 Å². The van der Waals surface area contributed by atoms with Crippen molar-refractivity contribution in [1.82, 2.24) is 8.87 Å². The Labute approximate surface area is 241 Å². The number of unbranched alkanes of at least 4 members (excludes halogenated alkanes) is 1. The number of sulfonamides is 1. The Morgan fingerprint density at radius 1 is 1.05 bits per heavy atom. The zero-order chi connectivity index (χ0) is 29.3. The number of esters is 1. The summed E-state index contributed by atoms with van der Waals surface area (Å²) in [6.45, 7) is 7.71. The quantitative estimate of drug-likeness (QED) is 0.221. The number of hydrogen-bond donors (Lipinski definition) is 0. The van der Waals surface area contributed by atoms with Crippen LogP contribution in [0.3, 0.4) is 0 Å². The first-order valence-corrected chi connectivity index (χ1v) is 15.3. The van der Waals surface area contributed by atoms with Crippen molar-refractivity contribution in [3.63, 3.8) is 0 Å². The van der Waals surface area contributed by atoms with E-state index >= 15 is 0 Å². The summed E-state index contributed by atoms with van der Waals surface area (Å²) in [7, 11) is -2.03. The van der Waals surface area contributed by atoms with Crippen LogP contribution in [0.1, 0.15) is 52.6 Å². The number of anilines is 1. The van der Waals surface area contributed by atoms with Crippen LogP contribution in [0.25, 0.3) is 17.3 Å². The van der Waals surface area contributed by atoms with E-state index in [1.807, 2.05) is 45.0 Å². The summed E-state index contributed by atoms with van der Waals surface area (Å²) in [5, 5.41) is 0. The molecule has 0 N–H and O–H groups in total. The molecule has 1 saturated heterocycles. The van der Waals surface area contributed by atoms with Gasteiger partial charge in [-0.15, -0.1) is 0 Å². The van der Waals surface area contributed by atoms with Gasteiger partial charge in [-0.05, 0) is 80.4 Å². The summed E-state index contributed by atoms with van der Waals surface area (Å²) in [5.74, 6) is -0.537. The highest BCUT2D eigenvalue weighted by atomic mass is 32.2. The molecule has 3 aromatic rings. The van der Waals surface area contributed by atoms with Crippen LogP contribution >= 0.6 is 0 Å². The predicted molar refractivity (Wildman–Crippen MR) is 158 cm³/mol. The third-order valence-electron chi connectivity index (χ3n) is 7.62. The van der Waals surface area contributed by atoms with E-state index < -0.39 is 10.0 Å². The highest BCUT2D eigenvalue weighted by molar-refractivity contribution is 7.89. The van der Waals surface area contributed by atoms with Gasteiger partial charge < -0.3 is 18.9 Å². The van der Waals surface area contributed by atoms with Gasteiger partial charge in [-0.2, -0.15) is 4.31 Å².